The average molecular weight is 487 g/mol. The number of halogens is 3. The third-order valence-corrected chi connectivity index (χ3v) is 7.78. The van der Waals surface area contributed by atoms with Gasteiger partial charge in [0.25, 0.3) is 0 Å². The first-order valence-electron chi connectivity index (χ1n) is 11.7. The van der Waals surface area contributed by atoms with E-state index in [0.29, 0.717) is 18.1 Å². The molecule has 0 radical (unpaired) electrons. The van der Waals surface area contributed by atoms with Crippen molar-refractivity contribution in [1.82, 2.24) is 0 Å². The van der Waals surface area contributed by atoms with Crippen molar-refractivity contribution in [1.29, 1.82) is 0 Å². The molecule has 35 heavy (non-hydrogen) atoms. The second kappa shape index (κ2) is 8.39. The van der Waals surface area contributed by atoms with Gasteiger partial charge in [-0.25, -0.2) is 0 Å². The van der Waals surface area contributed by atoms with Gasteiger partial charge in [-0.3, -0.25) is 14.9 Å². The van der Waals surface area contributed by atoms with Crippen LogP contribution in [-0.2, 0) is 17.4 Å². The quantitative estimate of drug-likeness (QED) is 0.367. The summed E-state index contributed by atoms with van der Waals surface area (Å²) in [5, 5.41) is 22.6. The second-order valence-electron chi connectivity index (χ2n) is 9.56. The number of aryl methyl sites for hydroxylation is 1. The van der Waals surface area contributed by atoms with Crippen molar-refractivity contribution >= 4 is 17.0 Å². The van der Waals surface area contributed by atoms with Gasteiger partial charge in [-0.05, 0) is 79.3 Å². The maximum absolute atomic E-state index is 13.5. The van der Waals surface area contributed by atoms with Gasteiger partial charge < -0.3 is 9.84 Å². The van der Waals surface area contributed by atoms with Crippen molar-refractivity contribution in [2.75, 3.05) is 0 Å². The molecule has 3 saturated carbocycles. The predicted molar refractivity (Wildman–Crippen MR) is 121 cm³/mol. The highest BCUT2D eigenvalue weighted by molar-refractivity contribution is 6.25. The van der Waals surface area contributed by atoms with Crippen LogP contribution in [0.2, 0.25) is 0 Å². The summed E-state index contributed by atoms with van der Waals surface area (Å²) in [6, 6.07) is 6.88. The molecule has 4 aliphatic rings. The Morgan fingerprint density at radius 3 is 2.29 bits per heavy atom. The van der Waals surface area contributed by atoms with Crippen LogP contribution in [-0.4, -0.2) is 15.8 Å². The van der Waals surface area contributed by atoms with Gasteiger partial charge in [0.15, 0.2) is 5.78 Å². The second-order valence-corrected chi connectivity index (χ2v) is 9.56. The number of nitro benzene ring substituents is 1. The van der Waals surface area contributed by atoms with Crippen LogP contribution in [0.5, 0.6) is 11.5 Å². The predicted octanol–water partition coefficient (Wildman–Crippen LogP) is 6.87. The van der Waals surface area contributed by atoms with Crippen LogP contribution in [0.4, 0.5) is 18.9 Å². The van der Waals surface area contributed by atoms with E-state index in [1.807, 2.05) is 6.92 Å². The fraction of sp³-hybridized carbons (Fsp3) is 0.423. The van der Waals surface area contributed by atoms with Gasteiger partial charge in [0.1, 0.15) is 11.5 Å². The number of nitrogens with zero attached hydrogens (tertiary/aromatic N) is 1. The number of nitro groups is 1. The molecule has 2 aromatic rings. The van der Waals surface area contributed by atoms with Crippen molar-refractivity contribution < 1.29 is 32.7 Å². The summed E-state index contributed by atoms with van der Waals surface area (Å²) >= 11 is 0. The lowest BCUT2D eigenvalue weighted by molar-refractivity contribution is -0.385. The first-order chi connectivity index (χ1) is 16.6. The lowest BCUT2D eigenvalue weighted by Gasteiger charge is -2.44. The number of hydrogen-bond donors (Lipinski definition) is 1. The monoisotopic (exact) mass is 487 g/mol. The summed E-state index contributed by atoms with van der Waals surface area (Å²) in [5.41, 5.74) is -0.371. The van der Waals surface area contributed by atoms with Gasteiger partial charge in [-0.15, -0.1) is 0 Å². The third kappa shape index (κ3) is 3.86. The Kier molecular flexibility index (Phi) is 5.61. The van der Waals surface area contributed by atoms with Gasteiger partial charge >= 0.3 is 11.9 Å². The molecule has 2 unspecified atom stereocenters. The Balaban J connectivity index is 1.54. The highest BCUT2D eigenvalue weighted by atomic mass is 19.4. The number of ether oxygens (including phenoxy) is 1. The number of aliphatic hydroxyl groups excluding tert-OH is 1. The number of ketones is 1. The largest absolute Gasteiger partial charge is 0.511 e. The Morgan fingerprint density at radius 1 is 1.06 bits per heavy atom. The zero-order valence-electron chi connectivity index (χ0n) is 19.0. The molecule has 0 aromatic heterocycles. The van der Waals surface area contributed by atoms with Gasteiger partial charge in [-0.1, -0.05) is 13.0 Å². The molecular formula is C26H24F3NO5. The number of carbonyl (C=O) groups excluding carboxylic acids is 1. The molecule has 6 nitrogen and oxygen atoms in total. The number of rotatable bonds is 5. The van der Waals surface area contributed by atoms with E-state index in [9.17, 15) is 33.2 Å². The molecule has 4 aliphatic carbocycles. The van der Waals surface area contributed by atoms with Crippen molar-refractivity contribution in [3.8, 4) is 11.5 Å². The Morgan fingerprint density at radius 2 is 1.71 bits per heavy atom. The molecule has 3 fully saturated rings. The number of fused-ring (bicyclic) bond motifs is 2. The molecule has 2 atom stereocenters. The molecule has 0 heterocycles. The van der Waals surface area contributed by atoms with Crippen LogP contribution in [0.15, 0.2) is 42.2 Å². The van der Waals surface area contributed by atoms with E-state index >= 15 is 0 Å². The number of allylic oxidation sites excluding steroid dienone is 2. The fourth-order valence-electron chi connectivity index (χ4n) is 6.16. The third-order valence-electron chi connectivity index (χ3n) is 7.78. The minimum Gasteiger partial charge on any atom is -0.511 e. The molecule has 0 aliphatic heterocycles. The van der Waals surface area contributed by atoms with Crippen molar-refractivity contribution in [3.05, 3.63) is 69.0 Å². The van der Waals surface area contributed by atoms with Crippen LogP contribution in [0.3, 0.4) is 0 Å². The van der Waals surface area contributed by atoms with E-state index in [4.69, 9.17) is 4.74 Å². The lowest BCUT2D eigenvalue weighted by Crippen LogP contribution is -2.41. The lowest BCUT2D eigenvalue weighted by atomic mass is 9.59. The highest BCUT2D eigenvalue weighted by Gasteiger charge is 2.54. The molecule has 0 amide bonds. The number of carbonyl (C=O) groups is 1. The van der Waals surface area contributed by atoms with E-state index in [0.717, 1.165) is 43.4 Å². The van der Waals surface area contributed by atoms with Crippen LogP contribution >= 0.6 is 0 Å². The summed E-state index contributed by atoms with van der Waals surface area (Å²) in [6.45, 7) is 1.91. The molecule has 9 heteroatoms. The van der Waals surface area contributed by atoms with Crippen LogP contribution in [0, 0.1) is 33.8 Å². The molecule has 6 rings (SSSR count). The van der Waals surface area contributed by atoms with Crippen LogP contribution in [0.1, 0.15) is 49.3 Å². The maximum atomic E-state index is 13.5. The average Bonchev–Trinajstić information content (AvgIpc) is 3.11. The van der Waals surface area contributed by atoms with Gasteiger partial charge in [0.05, 0.1) is 16.1 Å². The minimum absolute atomic E-state index is 0.0748. The number of Topliss-reactive ketones (excluding diaryl/α,β-unsaturated/α-hetero) is 1. The Hall–Kier alpha value is -3.36. The summed E-state index contributed by atoms with van der Waals surface area (Å²) in [5.74, 6) is -0.0249. The number of benzene rings is 2. The molecule has 1 N–H and O–H groups in total. The minimum atomic E-state index is -4.73. The summed E-state index contributed by atoms with van der Waals surface area (Å²) in [4.78, 5) is 24.0. The maximum Gasteiger partial charge on any atom is 0.416 e. The normalized spacial score (nSPS) is 25.7. The van der Waals surface area contributed by atoms with E-state index in [1.54, 1.807) is 18.2 Å². The van der Waals surface area contributed by atoms with Crippen LogP contribution < -0.4 is 4.74 Å². The van der Waals surface area contributed by atoms with E-state index in [1.165, 1.54) is 0 Å². The zero-order chi connectivity index (χ0) is 25.1. The number of alkyl halides is 3. The molecule has 2 aromatic carbocycles. The van der Waals surface area contributed by atoms with Crippen LogP contribution in [0.25, 0.3) is 5.57 Å². The molecule has 184 valence electrons. The Labute approximate surface area is 199 Å². The first-order valence-corrected chi connectivity index (χ1v) is 11.7. The molecule has 2 bridgehead atoms. The summed E-state index contributed by atoms with van der Waals surface area (Å²) in [7, 11) is 0. The van der Waals surface area contributed by atoms with Crippen molar-refractivity contribution in [2.24, 2.45) is 23.7 Å². The van der Waals surface area contributed by atoms with Gasteiger partial charge in [-0.2, -0.15) is 13.2 Å². The smallest absolute Gasteiger partial charge is 0.416 e. The van der Waals surface area contributed by atoms with E-state index in [2.05, 4.69) is 0 Å². The fourth-order valence-corrected chi connectivity index (χ4v) is 6.16. The molecule has 0 saturated heterocycles. The molecular weight excluding hydrogens is 463 g/mol. The summed E-state index contributed by atoms with van der Waals surface area (Å²) in [6.07, 6.45) is -0.195. The van der Waals surface area contributed by atoms with E-state index in [-0.39, 0.29) is 52.3 Å². The first kappa shape index (κ1) is 23.4. The topological polar surface area (TPSA) is 89.7 Å². The van der Waals surface area contributed by atoms with Gasteiger partial charge in [0, 0.05) is 17.9 Å². The van der Waals surface area contributed by atoms with E-state index < -0.39 is 22.4 Å². The number of aliphatic hydroxyl groups is 1. The summed E-state index contributed by atoms with van der Waals surface area (Å²) < 4.78 is 44.8. The Bertz CT molecular complexity index is 1240. The molecule has 0 spiro atoms. The number of hydrogen-bond acceptors (Lipinski definition) is 5. The van der Waals surface area contributed by atoms with Crippen molar-refractivity contribution in [2.45, 2.75) is 45.2 Å². The SMILES string of the molecule is CCc1ccc(Oc2ccc(C(F)(F)F)cc2[N+](=O)[O-])cc1C1=C(O)C2C(C1=O)[C@H]1CC[C@@H]2CC1. The zero-order valence-corrected chi connectivity index (χ0v) is 19.0. The highest BCUT2D eigenvalue weighted by Crippen LogP contribution is 2.57. The van der Waals surface area contributed by atoms with Crippen molar-refractivity contribution in [3.63, 3.8) is 0 Å². The standard InChI is InChI=1S/C26H24F3NO5/c1-2-13-7-9-17(35-20-10-8-16(26(27,28)29)11-19(20)30(33)34)12-18(13)23-24(31)21-14-3-4-15(6-5-14)22(21)25(23)32/h7-12,14-15,21-22,31H,2-6H2,1H3/t14-,15+,21?,22?. The van der Waals surface area contributed by atoms with Gasteiger partial charge in [0.2, 0.25) is 5.75 Å².